The zero-order valence-electron chi connectivity index (χ0n) is 16.6. The Labute approximate surface area is 178 Å². The predicted octanol–water partition coefficient (Wildman–Crippen LogP) is 4.07. The third kappa shape index (κ3) is 3.11. The van der Waals surface area contributed by atoms with Crippen molar-refractivity contribution in [2.24, 2.45) is 5.73 Å². The van der Waals surface area contributed by atoms with Gasteiger partial charge in [-0.15, -0.1) is 0 Å². The van der Waals surface area contributed by atoms with Crippen LogP contribution in [0.25, 0.3) is 5.69 Å². The molecule has 1 aliphatic rings. The molecule has 0 aliphatic carbocycles. The molecular formula is C22H19ClN4O3. The molecule has 0 unspecified atom stereocenters. The Bertz CT molecular complexity index is 1210. The van der Waals surface area contributed by atoms with Crippen molar-refractivity contribution in [3.63, 3.8) is 0 Å². The molecule has 1 atom stereocenters. The van der Waals surface area contributed by atoms with E-state index in [2.05, 4.69) is 11.2 Å². The van der Waals surface area contributed by atoms with Crippen molar-refractivity contribution in [2.75, 3.05) is 14.2 Å². The summed E-state index contributed by atoms with van der Waals surface area (Å²) in [5.41, 5.74) is 9.47. The number of rotatable bonds is 4. The zero-order chi connectivity index (χ0) is 21.4. The lowest BCUT2D eigenvalue weighted by Gasteiger charge is -2.25. The smallest absolute Gasteiger partial charge is 0.229 e. The maximum Gasteiger partial charge on any atom is 0.229 e. The van der Waals surface area contributed by atoms with Gasteiger partial charge in [0.2, 0.25) is 11.8 Å². The maximum absolute atomic E-state index is 9.83. The van der Waals surface area contributed by atoms with Gasteiger partial charge >= 0.3 is 0 Å². The van der Waals surface area contributed by atoms with E-state index in [1.165, 1.54) is 0 Å². The van der Waals surface area contributed by atoms with Gasteiger partial charge in [0, 0.05) is 5.02 Å². The second kappa shape index (κ2) is 7.65. The van der Waals surface area contributed by atoms with Gasteiger partial charge in [0.1, 0.15) is 11.6 Å². The molecule has 0 bridgehead atoms. The maximum atomic E-state index is 9.83. The molecule has 0 spiro atoms. The van der Waals surface area contributed by atoms with E-state index in [9.17, 15) is 5.26 Å². The number of ether oxygens (including phenoxy) is 3. The number of nitriles is 1. The third-order valence-electron chi connectivity index (χ3n) is 5.03. The van der Waals surface area contributed by atoms with Crippen LogP contribution in [0.3, 0.4) is 0 Å². The van der Waals surface area contributed by atoms with Crippen LogP contribution in [0.4, 0.5) is 0 Å². The van der Waals surface area contributed by atoms with E-state index in [1.54, 1.807) is 37.1 Å². The van der Waals surface area contributed by atoms with Gasteiger partial charge in [0.05, 0.1) is 37.1 Å². The van der Waals surface area contributed by atoms with Gasteiger partial charge in [0.15, 0.2) is 11.5 Å². The highest BCUT2D eigenvalue weighted by atomic mass is 35.5. The summed E-state index contributed by atoms with van der Waals surface area (Å²) < 4.78 is 18.3. The number of fused-ring (bicyclic) bond motifs is 1. The summed E-state index contributed by atoms with van der Waals surface area (Å²) in [5.74, 6) is 1.17. The number of methoxy groups -OCH3 is 2. The molecule has 3 aromatic rings. The molecule has 30 heavy (non-hydrogen) atoms. The van der Waals surface area contributed by atoms with E-state index in [0.717, 1.165) is 16.8 Å². The monoisotopic (exact) mass is 422 g/mol. The number of allylic oxidation sites excluding steroid dienone is 1. The fourth-order valence-corrected chi connectivity index (χ4v) is 3.85. The first kappa shape index (κ1) is 19.7. The highest BCUT2D eigenvalue weighted by molar-refractivity contribution is 6.30. The van der Waals surface area contributed by atoms with E-state index < -0.39 is 5.92 Å². The number of benzene rings is 2. The lowest BCUT2D eigenvalue weighted by Crippen LogP contribution is -2.22. The van der Waals surface area contributed by atoms with E-state index >= 15 is 0 Å². The molecule has 7 nitrogen and oxygen atoms in total. The molecule has 2 aromatic carbocycles. The second-order valence-corrected chi connectivity index (χ2v) is 7.17. The van der Waals surface area contributed by atoms with Crippen molar-refractivity contribution in [2.45, 2.75) is 12.8 Å². The van der Waals surface area contributed by atoms with Crippen LogP contribution in [0.15, 0.2) is 53.9 Å². The normalized spacial score (nSPS) is 15.2. The minimum absolute atomic E-state index is 0.0352. The van der Waals surface area contributed by atoms with Gasteiger partial charge in [-0.05, 0) is 42.8 Å². The zero-order valence-corrected chi connectivity index (χ0v) is 17.4. The minimum Gasteiger partial charge on any atom is -0.493 e. The van der Waals surface area contributed by atoms with E-state index in [0.29, 0.717) is 33.7 Å². The number of aryl methyl sites for hydroxylation is 1. The first-order valence-electron chi connectivity index (χ1n) is 9.13. The number of aromatic nitrogens is 2. The topological polar surface area (TPSA) is 95.3 Å². The molecule has 8 heteroatoms. The molecule has 0 saturated heterocycles. The summed E-state index contributed by atoms with van der Waals surface area (Å²) in [7, 11) is 3.14. The summed E-state index contributed by atoms with van der Waals surface area (Å²) in [6, 6.07) is 15.0. The van der Waals surface area contributed by atoms with Gasteiger partial charge < -0.3 is 19.9 Å². The fraction of sp³-hybridized carbons (Fsp3) is 0.182. The third-order valence-corrected chi connectivity index (χ3v) is 5.26. The molecular weight excluding hydrogens is 404 g/mol. The molecule has 1 aliphatic heterocycles. The summed E-state index contributed by atoms with van der Waals surface area (Å²) >= 11 is 6.16. The van der Waals surface area contributed by atoms with Crippen LogP contribution in [0.5, 0.6) is 17.4 Å². The lowest BCUT2D eigenvalue weighted by molar-refractivity contribution is 0.353. The van der Waals surface area contributed by atoms with Gasteiger partial charge in [0.25, 0.3) is 0 Å². The van der Waals surface area contributed by atoms with Crippen LogP contribution in [0, 0.1) is 18.3 Å². The molecule has 4 rings (SSSR count). The Morgan fingerprint density at radius 3 is 2.60 bits per heavy atom. The molecule has 0 amide bonds. The number of nitrogens with zero attached hydrogens (tertiary/aromatic N) is 3. The van der Waals surface area contributed by atoms with Crippen molar-refractivity contribution >= 4 is 11.6 Å². The largest absolute Gasteiger partial charge is 0.493 e. The Morgan fingerprint density at radius 2 is 1.93 bits per heavy atom. The fourth-order valence-electron chi connectivity index (χ4n) is 3.66. The number of hydrogen-bond acceptors (Lipinski definition) is 6. The summed E-state index contributed by atoms with van der Waals surface area (Å²) in [5, 5.41) is 15.0. The van der Waals surface area contributed by atoms with Crippen LogP contribution in [-0.4, -0.2) is 24.0 Å². The van der Waals surface area contributed by atoms with Gasteiger partial charge in [-0.3, -0.25) is 0 Å². The highest BCUT2D eigenvalue weighted by Crippen LogP contribution is 2.46. The van der Waals surface area contributed by atoms with Crippen LogP contribution in [-0.2, 0) is 0 Å². The standard InChI is InChI=1S/C22H19ClN4O3/c1-12-19-20(13-7-8-17(28-2)18(9-13)29-3)16(11-24)21(25)30-22(19)27(26-12)15-6-4-5-14(23)10-15/h4-10,20H,25H2,1-3H3/t20-/m1/s1. The van der Waals surface area contributed by atoms with Crippen LogP contribution in [0.2, 0.25) is 5.02 Å². The predicted molar refractivity (Wildman–Crippen MR) is 112 cm³/mol. The minimum atomic E-state index is -0.466. The Balaban J connectivity index is 1.94. The quantitative estimate of drug-likeness (QED) is 0.680. The van der Waals surface area contributed by atoms with Crippen LogP contribution < -0.4 is 19.9 Å². The van der Waals surface area contributed by atoms with Gasteiger partial charge in [-0.2, -0.15) is 10.4 Å². The summed E-state index contributed by atoms with van der Waals surface area (Å²) in [6.45, 7) is 1.87. The molecule has 152 valence electrons. The number of hydrogen-bond donors (Lipinski definition) is 1. The Hall–Kier alpha value is -3.63. The van der Waals surface area contributed by atoms with Gasteiger partial charge in [-0.25, -0.2) is 4.68 Å². The average molecular weight is 423 g/mol. The molecule has 2 heterocycles. The van der Waals surface area contributed by atoms with Crippen LogP contribution >= 0.6 is 11.6 Å². The average Bonchev–Trinajstić information content (AvgIpc) is 3.08. The van der Waals surface area contributed by atoms with Crippen LogP contribution in [0.1, 0.15) is 22.7 Å². The second-order valence-electron chi connectivity index (χ2n) is 6.74. The number of halogens is 1. The van der Waals surface area contributed by atoms with E-state index in [-0.39, 0.29) is 5.88 Å². The molecule has 0 saturated carbocycles. The molecule has 0 fully saturated rings. The van der Waals surface area contributed by atoms with Gasteiger partial charge in [-0.1, -0.05) is 23.7 Å². The SMILES string of the molecule is COc1ccc([C@@H]2C(C#N)=C(N)Oc3c2c(C)nn3-c2cccc(Cl)c2)cc1OC. The molecule has 1 aromatic heterocycles. The summed E-state index contributed by atoms with van der Waals surface area (Å²) in [4.78, 5) is 0. The number of nitrogens with two attached hydrogens (primary N) is 1. The van der Waals surface area contributed by atoms with Crippen molar-refractivity contribution in [3.8, 4) is 29.1 Å². The Kier molecular flexibility index (Phi) is 5.02. The van der Waals surface area contributed by atoms with Crippen molar-refractivity contribution in [3.05, 3.63) is 75.8 Å². The molecule has 0 radical (unpaired) electrons. The first-order chi connectivity index (χ1) is 14.5. The van der Waals surface area contributed by atoms with Crippen molar-refractivity contribution in [1.29, 1.82) is 5.26 Å². The van der Waals surface area contributed by atoms with E-state index in [1.807, 2.05) is 31.2 Å². The lowest BCUT2D eigenvalue weighted by atomic mass is 9.84. The van der Waals surface area contributed by atoms with Crippen molar-refractivity contribution < 1.29 is 14.2 Å². The first-order valence-corrected chi connectivity index (χ1v) is 9.51. The Morgan fingerprint density at radius 1 is 1.17 bits per heavy atom. The summed E-state index contributed by atoms with van der Waals surface area (Å²) in [6.07, 6.45) is 0. The highest BCUT2D eigenvalue weighted by Gasteiger charge is 2.36. The van der Waals surface area contributed by atoms with E-state index in [4.69, 9.17) is 31.5 Å². The van der Waals surface area contributed by atoms with Crippen molar-refractivity contribution in [1.82, 2.24) is 9.78 Å². The molecule has 2 N–H and O–H groups in total.